The van der Waals surface area contributed by atoms with Crippen molar-refractivity contribution in [1.29, 1.82) is 0 Å². The fraction of sp³-hybridized carbons (Fsp3) is 0.267. The summed E-state index contributed by atoms with van der Waals surface area (Å²) in [5.74, 6) is 1.28. The van der Waals surface area contributed by atoms with E-state index in [-0.39, 0.29) is 0 Å². The molecule has 0 atom stereocenters. The lowest BCUT2D eigenvalue weighted by Gasteiger charge is -2.31. The van der Waals surface area contributed by atoms with Crippen LogP contribution in [0.25, 0.3) is 71.8 Å². The van der Waals surface area contributed by atoms with Gasteiger partial charge in [-0.25, -0.2) is 4.98 Å². The summed E-state index contributed by atoms with van der Waals surface area (Å²) >= 11 is 0. The molecule has 7 aromatic rings. The maximum Gasteiger partial charge on any atom is 0.137 e. The molecule has 3 aliphatic rings. The molecule has 2 saturated carbocycles. The van der Waals surface area contributed by atoms with E-state index in [1.165, 1.54) is 108 Å². The number of hydrogen-bond acceptors (Lipinski definition) is 1. The van der Waals surface area contributed by atoms with E-state index in [0.717, 1.165) is 16.9 Å². The van der Waals surface area contributed by atoms with Crippen molar-refractivity contribution in [3.63, 3.8) is 0 Å². The molecule has 0 amide bonds. The standard InChI is InChI=1S/C45H40N2/c1-3-12-31(13-4-1)41-35-16-7-8-17-36(35)42(32-14-5-2-6-15-32)45-38-26-25-33(34-18-11-19-37(43(34)38)44(41)45)29-21-23-30(24-22-29)39-28-47-27-10-9-20-40(47)46-39/h7-11,16-28,31-32H,1-6,12-15H2. The molecule has 0 spiro atoms. The zero-order valence-corrected chi connectivity index (χ0v) is 27.0. The van der Waals surface area contributed by atoms with Gasteiger partial charge in [0.15, 0.2) is 0 Å². The Kier molecular flexibility index (Phi) is 6.39. The van der Waals surface area contributed by atoms with Crippen LogP contribution in [0.3, 0.4) is 0 Å². The van der Waals surface area contributed by atoms with E-state index in [0.29, 0.717) is 11.8 Å². The summed E-state index contributed by atoms with van der Waals surface area (Å²) in [6.45, 7) is 0. The monoisotopic (exact) mass is 608 g/mol. The smallest absolute Gasteiger partial charge is 0.137 e. The van der Waals surface area contributed by atoms with Crippen LogP contribution in [0.1, 0.15) is 87.2 Å². The van der Waals surface area contributed by atoms with Crippen molar-refractivity contribution in [2.24, 2.45) is 0 Å². The summed E-state index contributed by atoms with van der Waals surface area (Å²) < 4.78 is 2.09. The first-order chi connectivity index (χ1) is 23.3. The van der Waals surface area contributed by atoms with E-state index in [4.69, 9.17) is 4.98 Å². The Morgan fingerprint density at radius 1 is 0.489 bits per heavy atom. The van der Waals surface area contributed by atoms with Gasteiger partial charge in [-0.2, -0.15) is 0 Å². The Bertz CT molecular complexity index is 2210. The molecule has 2 fully saturated rings. The van der Waals surface area contributed by atoms with Crippen LogP contribution >= 0.6 is 0 Å². The van der Waals surface area contributed by atoms with Gasteiger partial charge in [0.05, 0.1) is 5.69 Å². The maximum atomic E-state index is 4.87. The van der Waals surface area contributed by atoms with Crippen molar-refractivity contribution in [3.8, 4) is 44.6 Å². The van der Waals surface area contributed by atoms with Gasteiger partial charge in [-0.1, -0.05) is 123 Å². The number of fused-ring (bicyclic) bond motifs is 5. The number of nitrogens with zero attached hydrogens (tertiary/aromatic N) is 2. The second kappa shape index (κ2) is 10.9. The van der Waals surface area contributed by atoms with Gasteiger partial charge >= 0.3 is 0 Å². The highest BCUT2D eigenvalue weighted by Gasteiger charge is 2.35. The number of imidazole rings is 1. The molecule has 47 heavy (non-hydrogen) atoms. The molecule has 2 heteroatoms. The molecule has 3 aliphatic carbocycles. The molecule has 0 N–H and O–H groups in total. The third-order valence-electron chi connectivity index (χ3n) is 11.8. The first-order valence-corrected chi connectivity index (χ1v) is 18.0. The average molecular weight is 609 g/mol. The lowest BCUT2D eigenvalue weighted by molar-refractivity contribution is 0.443. The van der Waals surface area contributed by atoms with Crippen LogP contribution in [0, 0.1) is 0 Å². The minimum Gasteiger partial charge on any atom is -0.306 e. The lowest BCUT2D eigenvalue weighted by Crippen LogP contribution is -2.11. The van der Waals surface area contributed by atoms with Crippen LogP contribution in [0.4, 0.5) is 0 Å². The van der Waals surface area contributed by atoms with Crippen LogP contribution in [0.2, 0.25) is 0 Å². The normalized spacial score (nSPS) is 16.8. The van der Waals surface area contributed by atoms with Crippen molar-refractivity contribution in [1.82, 2.24) is 9.38 Å². The van der Waals surface area contributed by atoms with E-state index in [9.17, 15) is 0 Å². The van der Waals surface area contributed by atoms with E-state index in [1.54, 1.807) is 22.3 Å². The number of rotatable bonds is 4. The summed E-state index contributed by atoms with van der Waals surface area (Å²) in [7, 11) is 0. The Labute approximate surface area is 277 Å². The van der Waals surface area contributed by atoms with Crippen molar-refractivity contribution in [2.45, 2.75) is 76.0 Å². The van der Waals surface area contributed by atoms with Gasteiger partial charge in [-0.15, -0.1) is 0 Å². The fourth-order valence-electron chi connectivity index (χ4n) is 9.65. The largest absolute Gasteiger partial charge is 0.306 e. The highest BCUT2D eigenvalue weighted by Crippen LogP contribution is 2.58. The number of benzene rings is 5. The first kappa shape index (κ1) is 27.4. The van der Waals surface area contributed by atoms with Crippen LogP contribution in [0.15, 0.2) is 109 Å². The zero-order valence-electron chi connectivity index (χ0n) is 27.0. The summed E-state index contributed by atoms with van der Waals surface area (Å²) in [6, 6.07) is 36.8. The van der Waals surface area contributed by atoms with Gasteiger partial charge in [-0.05, 0) is 116 Å². The number of hydrogen-bond donors (Lipinski definition) is 0. The highest BCUT2D eigenvalue weighted by atomic mass is 15.0. The van der Waals surface area contributed by atoms with E-state index < -0.39 is 0 Å². The molecule has 2 heterocycles. The minimum atomic E-state index is 0.638. The maximum absolute atomic E-state index is 4.87. The summed E-state index contributed by atoms with van der Waals surface area (Å²) in [4.78, 5) is 4.87. The van der Waals surface area contributed by atoms with Crippen molar-refractivity contribution in [3.05, 3.63) is 121 Å². The fourth-order valence-corrected chi connectivity index (χ4v) is 9.65. The van der Waals surface area contributed by atoms with Crippen LogP contribution < -0.4 is 0 Å². The van der Waals surface area contributed by atoms with E-state index in [1.807, 2.05) is 12.1 Å². The van der Waals surface area contributed by atoms with Gasteiger partial charge in [0, 0.05) is 18.0 Å². The van der Waals surface area contributed by atoms with E-state index >= 15 is 0 Å². The minimum absolute atomic E-state index is 0.638. The summed E-state index contributed by atoms with van der Waals surface area (Å²) in [6.07, 6.45) is 17.6. The first-order valence-electron chi connectivity index (χ1n) is 18.0. The molecule has 0 bridgehead atoms. The predicted molar refractivity (Wildman–Crippen MR) is 197 cm³/mol. The second-order valence-corrected chi connectivity index (χ2v) is 14.4. The van der Waals surface area contributed by atoms with Gasteiger partial charge < -0.3 is 4.40 Å². The second-order valence-electron chi connectivity index (χ2n) is 14.4. The Morgan fingerprint density at radius 3 is 1.72 bits per heavy atom. The summed E-state index contributed by atoms with van der Waals surface area (Å²) in [5.41, 5.74) is 15.1. The molecule has 2 nitrogen and oxygen atoms in total. The van der Waals surface area contributed by atoms with Crippen molar-refractivity contribution < 1.29 is 0 Å². The Hall–Kier alpha value is -4.69. The number of aromatic nitrogens is 2. The molecule has 5 aromatic carbocycles. The third kappa shape index (κ3) is 4.27. The Morgan fingerprint density at radius 2 is 1.06 bits per heavy atom. The molecule has 10 rings (SSSR count). The quantitative estimate of drug-likeness (QED) is 0.194. The van der Waals surface area contributed by atoms with Gasteiger partial charge in [0.25, 0.3) is 0 Å². The molecule has 0 aliphatic heterocycles. The summed E-state index contributed by atoms with van der Waals surface area (Å²) in [5, 5.41) is 5.91. The van der Waals surface area contributed by atoms with Crippen LogP contribution in [-0.2, 0) is 0 Å². The van der Waals surface area contributed by atoms with Crippen molar-refractivity contribution in [2.75, 3.05) is 0 Å². The lowest BCUT2D eigenvalue weighted by atomic mass is 9.73. The zero-order chi connectivity index (χ0) is 30.9. The average Bonchev–Trinajstić information content (AvgIpc) is 3.72. The SMILES string of the molecule is c1ccc2c(C3CCCCC3)c3c(c(C4CCCCC4)c2c1)-c1cccc2c(-c4ccc(-c5cn6ccccc6n5)cc4)ccc-3c12. The third-order valence-corrected chi connectivity index (χ3v) is 11.8. The molecule has 0 radical (unpaired) electrons. The molecule has 230 valence electrons. The topological polar surface area (TPSA) is 17.3 Å². The van der Waals surface area contributed by atoms with E-state index in [2.05, 4.69) is 102 Å². The van der Waals surface area contributed by atoms with Gasteiger partial charge in [-0.3, -0.25) is 0 Å². The molecular formula is C45H40N2. The molecular weight excluding hydrogens is 569 g/mol. The Balaban J connectivity index is 1.18. The van der Waals surface area contributed by atoms with Crippen molar-refractivity contribution >= 4 is 27.2 Å². The van der Waals surface area contributed by atoms with Crippen LogP contribution in [-0.4, -0.2) is 9.38 Å². The molecule has 0 unspecified atom stereocenters. The molecule has 2 aromatic heterocycles. The molecule has 0 saturated heterocycles. The highest BCUT2D eigenvalue weighted by molar-refractivity contribution is 6.22. The van der Waals surface area contributed by atoms with Crippen LogP contribution in [0.5, 0.6) is 0 Å². The van der Waals surface area contributed by atoms with Gasteiger partial charge in [0.2, 0.25) is 0 Å². The predicted octanol–water partition coefficient (Wildman–Crippen LogP) is 12.7. The number of pyridine rings is 1. The van der Waals surface area contributed by atoms with Gasteiger partial charge in [0.1, 0.15) is 5.65 Å².